The molecule has 0 radical (unpaired) electrons. The van der Waals surface area contributed by atoms with Gasteiger partial charge in [-0.25, -0.2) is 4.98 Å². The Labute approximate surface area is 127 Å². The highest BCUT2D eigenvalue weighted by Crippen LogP contribution is 2.30. The van der Waals surface area contributed by atoms with Gasteiger partial charge < -0.3 is 10.6 Å². The van der Waals surface area contributed by atoms with Crippen LogP contribution in [-0.4, -0.2) is 47.5 Å². The Morgan fingerprint density at radius 1 is 1.33 bits per heavy atom. The highest BCUT2D eigenvalue weighted by molar-refractivity contribution is 7.18. The lowest BCUT2D eigenvalue weighted by atomic mass is 9.86. The fraction of sp³-hybridized carbons (Fsp3) is 0.467. The van der Waals surface area contributed by atoms with Crippen molar-refractivity contribution in [1.29, 1.82) is 0 Å². The first-order valence-corrected chi connectivity index (χ1v) is 8.14. The molecule has 0 atom stereocenters. The second-order valence-electron chi connectivity index (χ2n) is 5.85. The zero-order valence-electron chi connectivity index (χ0n) is 11.8. The van der Waals surface area contributed by atoms with Gasteiger partial charge in [0.25, 0.3) is 0 Å². The Kier molecular flexibility index (Phi) is 3.17. The largest absolute Gasteiger partial charge is 0.355 e. The minimum Gasteiger partial charge on any atom is -0.355 e. The molecule has 2 N–H and O–H groups in total. The molecule has 2 aromatic rings. The molecular weight excluding hydrogens is 284 g/mol. The van der Waals surface area contributed by atoms with Crippen molar-refractivity contribution in [2.45, 2.75) is 18.5 Å². The SMILES string of the molecule is O=C1CC2(CNC2)N(Cc2nc3ccccc3s2)CCN1. The molecular formula is C15H18N4OS. The number of amides is 1. The van der Waals surface area contributed by atoms with Crippen molar-refractivity contribution in [2.75, 3.05) is 26.2 Å². The summed E-state index contributed by atoms with van der Waals surface area (Å²) in [4.78, 5) is 19.0. The van der Waals surface area contributed by atoms with Gasteiger partial charge in [-0.2, -0.15) is 0 Å². The third-order valence-corrected chi connectivity index (χ3v) is 5.46. The number of aromatic nitrogens is 1. The monoisotopic (exact) mass is 302 g/mol. The third kappa shape index (κ3) is 2.33. The quantitative estimate of drug-likeness (QED) is 0.867. The highest BCUT2D eigenvalue weighted by atomic mass is 32.1. The fourth-order valence-corrected chi connectivity index (χ4v) is 4.18. The maximum Gasteiger partial charge on any atom is 0.222 e. The summed E-state index contributed by atoms with van der Waals surface area (Å²) in [6.07, 6.45) is 0.588. The van der Waals surface area contributed by atoms with Crippen LogP contribution in [0.5, 0.6) is 0 Å². The molecule has 0 unspecified atom stereocenters. The first-order valence-electron chi connectivity index (χ1n) is 7.32. The van der Waals surface area contributed by atoms with Crippen LogP contribution in [0.15, 0.2) is 24.3 Å². The maximum absolute atomic E-state index is 11.9. The van der Waals surface area contributed by atoms with Gasteiger partial charge in [0, 0.05) is 32.6 Å². The number of thiazole rings is 1. The highest BCUT2D eigenvalue weighted by Gasteiger charge is 2.45. The summed E-state index contributed by atoms with van der Waals surface area (Å²) in [5, 5.41) is 7.44. The molecule has 2 aliphatic rings. The minimum atomic E-state index is -0.0154. The summed E-state index contributed by atoms with van der Waals surface area (Å²) in [7, 11) is 0. The van der Waals surface area contributed by atoms with Crippen molar-refractivity contribution in [3.8, 4) is 0 Å². The molecule has 1 aromatic heterocycles. The van der Waals surface area contributed by atoms with Crippen LogP contribution in [0.2, 0.25) is 0 Å². The van der Waals surface area contributed by atoms with E-state index in [0.29, 0.717) is 6.42 Å². The average Bonchev–Trinajstić information content (AvgIpc) is 2.76. The van der Waals surface area contributed by atoms with E-state index in [2.05, 4.69) is 33.7 Å². The van der Waals surface area contributed by atoms with Crippen LogP contribution in [0, 0.1) is 0 Å². The summed E-state index contributed by atoms with van der Waals surface area (Å²) >= 11 is 1.76. The van der Waals surface area contributed by atoms with E-state index in [0.717, 1.165) is 43.2 Å². The summed E-state index contributed by atoms with van der Waals surface area (Å²) in [6, 6.07) is 8.25. The Bertz CT molecular complexity index is 646. The Morgan fingerprint density at radius 2 is 2.19 bits per heavy atom. The summed E-state index contributed by atoms with van der Waals surface area (Å²) in [5.41, 5.74) is 1.06. The maximum atomic E-state index is 11.9. The molecule has 6 heteroatoms. The standard InChI is InChI=1S/C15H18N4OS/c20-13-7-15(9-16-10-15)19(6-5-17-13)8-14-18-11-3-1-2-4-12(11)21-14/h1-4,16H,5-10H2,(H,17,20). The van der Waals surface area contributed by atoms with E-state index in [1.165, 1.54) is 4.70 Å². The van der Waals surface area contributed by atoms with E-state index in [4.69, 9.17) is 4.98 Å². The van der Waals surface area contributed by atoms with Crippen molar-refractivity contribution < 1.29 is 4.79 Å². The van der Waals surface area contributed by atoms with E-state index in [-0.39, 0.29) is 11.4 Å². The smallest absolute Gasteiger partial charge is 0.222 e. The summed E-state index contributed by atoms with van der Waals surface area (Å²) < 4.78 is 1.23. The summed E-state index contributed by atoms with van der Waals surface area (Å²) in [5.74, 6) is 0.170. The normalized spacial score (nSPS) is 22.0. The first-order chi connectivity index (χ1) is 10.3. The van der Waals surface area contributed by atoms with Gasteiger partial charge in [-0.1, -0.05) is 12.1 Å². The van der Waals surface area contributed by atoms with Gasteiger partial charge in [0.05, 0.1) is 22.3 Å². The van der Waals surface area contributed by atoms with Crippen LogP contribution >= 0.6 is 11.3 Å². The molecule has 2 saturated heterocycles. The molecule has 4 rings (SSSR count). The lowest BCUT2D eigenvalue weighted by molar-refractivity contribution is -0.123. The van der Waals surface area contributed by atoms with Crippen molar-refractivity contribution in [2.24, 2.45) is 0 Å². The molecule has 2 fully saturated rings. The zero-order chi connectivity index (χ0) is 14.3. The number of nitrogens with zero attached hydrogens (tertiary/aromatic N) is 2. The Balaban J connectivity index is 1.60. The fourth-order valence-electron chi connectivity index (χ4n) is 3.20. The van der Waals surface area contributed by atoms with E-state index < -0.39 is 0 Å². The number of rotatable bonds is 2. The first kappa shape index (κ1) is 13.2. The number of carbonyl (C=O) groups is 1. The Hall–Kier alpha value is -1.50. The second-order valence-corrected chi connectivity index (χ2v) is 6.97. The molecule has 0 aliphatic carbocycles. The molecule has 1 aromatic carbocycles. The number of hydrogen-bond acceptors (Lipinski definition) is 5. The molecule has 1 amide bonds. The van der Waals surface area contributed by atoms with E-state index >= 15 is 0 Å². The van der Waals surface area contributed by atoms with Crippen LogP contribution in [0.25, 0.3) is 10.2 Å². The number of para-hydroxylation sites is 1. The van der Waals surface area contributed by atoms with Crippen LogP contribution < -0.4 is 10.6 Å². The molecule has 1 spiro atoms. The number of benzene rings is 1. The van der Waals surface area contributed by atoms with Crippen LogP contribution in [0.1, 0.15) is 11.4 Å². The molecule has 5 nitrogen and oxygen atoms in total. The van der Waals surface area contributed by atoms with Crippen LogP contribution in [0.3, 0.4) is 0 Å². The van der Waals surface area contributed by atoms with Crippen molar-refractivity contribution in [1.82, 2.24) is 20.5 Å². The van der Waals surface area contributed by atoms with Crippen LogP contribution in [-0.2, 0) is 11.3 Å². The van der Waals surface area contributed by atoms with Gasteiger partial charge >= 0.3 is 0 Å². The van der Waals surface area contributed by atoms with Gasteiger partial charge in [0.2, 0.25) is 5.91 Å². The van der Waals surface area contributed by atoms with Gasteiger partial charge in [0.15, 0.2) is 0 Å². The van der Waals surface area contributed by atoms with Gasteiger partial charge in [-0.3, -0.25) is 9.69 Å². The van der Waals surface area contributed by atoms with E-state index in [1.54, 1.807) is 11.3 Å². The number of carbonyl (C=O) groups excluding carboxylic acids is 1. The minimum absolute atomic E-state index is 0.0154. The van der Waals surface area contributed by atoms with Crippen molar-refractivity contribution in [3.05, 3.63) is 29.3 Å². The molecule has 0 saturated carbocycles. The second kappa shape index (κ2) is 5.05. The van der Waals surface area contributed by atoms with Crippen molar-refractivity contribution >= 4 is 27.5 Å². The van der Waals surface area contributed by atoms with Gasteiger partial charge in [-0.05, 0) is 12.1 Å². The lowest BCUT2D eigenvalue weighted by Gasteiger charge is -2.49. The van der Waals surface area contributed by atoms with E-state index in [9.17, 15) is 4.79 Å². The molecule has 2 aliphatic heterocycles. The molecule has 3 heterocycles. The predicted octanol–water partition coefficient (Wildman–Crippen LogP) is 0.960. The lowest BCUT2D eigenvalue weighted by Crippen LogP contribution is -2.68. The summed E-state index contributed by atoms with van der Waals surface area (Å²) in [6.45, 7) is 4.24. The third-order valence-electron chi connectivity index (χ3n) is 4.44. The molecule has 21 heavy (non-hydrogen) atoms. The Morgan fingerprint density at radius 3 is 2.95 bits per heavy atom. The molecule has 0 bridgehead atoms. The van der Waals surface area contributed by atoms with E-state index in [1.807, 2.05) is 6.07 Å². The van der Waals surface area contributed by atoms with Crippen LogP contribution in [0.4, 0.5) is 0 Å². The topological polar surface area (TPSA) is 57.3 Å². The predicted molar refractivity (Wildman–Crippen MR) is 83.3 cm³/mol. The number of hydrogen-bond donors (Lipinski definition) is 2. The van der Waals surface area contributed by atoms with Gasteiger partial charge in [-0.15, -0.1) is 11.3 Å². The van der Waals surface area contributed by atoms with Crippen molar-refractivity contribution in [3.63, 3.8) is 0 Å². The average molecular weight is 302 g/mol. The zero-order valence-corrected chi connectivity index (χ0v) is 12.6. The molecule has 110 valence electrons. The van der Waals surface area contributed by atoms with Gasteiger partial charge in [0.1, 0.15) is 5.01 Å². The number of fused-ring (bicyclic) bond motifs is 1. The number of nitrogens with one attached hydrogen (secondary N) is 2.